The lowest BCUT2D eigenvalue weighted by Gasteiger charge is -2.12. The van der Waals surface area contributed by atoms with Crippen LogP contribution in [0.1, 0.15) is 24.2 Å². The van der Waals surface area contributed by atoms with Gasteiger partial charge in [0.2, 0.25) is 0 Å². The minimum atomic E-state index is 0.873. The number of nitrogens with one attached hydrogen (secondary N) is 2. The molecule has 25 heavy (non-hydrogen) atoms. The van der Waals surface area contributed by atoms with E-state index in [9.17, 15) is 0 Å². The highest BCUT2D eigenvalue weighted by Crippen LogP contribution is 2.17. The minimum absolute atomic E-state index is 0.873. The fraction of sp³-hybridized carbons (Fsp3) is 0.474. The van der Waals surface area contributed by atoms with Gasteiger partial charge in [-0.15, -0.1) is 11.8 Å². The zero-order valence-electron chi connectivity index (χ0n) is 15.5. The third-order valence-electron chi connectivity index (χ3n) is 3.79. The molecule has 1 heterocycles. The largest absolute Gasteiger partial charge is 0.356 e. The number of hydrogen-bond donors (Lipinski definition) is 2. The second-order valence-electron chi connectivity index (χ2n) is 5.94. The Morgan fingerprint density at radius 1 is 1.12 bits per heavy atom. The van der Waals surface area contributed by atoms with Gasteiger partial charge in [-0.3, -0.25) is 9.67 Å². The van der Waals surface area contributed by atoms with E-state index in [1.165, 1.54) is 10.6 Å². The number of aliphatic imine (C=N–C) groups is 1. The maximum Gasteiger partial charge on any atom is 0.190 e. The highest BCUT2D eigenvalue weighted by atomic mass is 32.2. The summed E-state index contributed by atoms with van der Waals surface area (Å²) < 4.78 is 2.06. The second-order valence-corrected chi connectivity index (χ2v) is 7.11. The first-order valence-corrected chi connectivity index (χ1v) is 9.81. The highest BCUT2D eigenvalue weighted by Gasteiger charge is 2.01. The molecule has 0 aliphatic carbocycles. The predicted molar refractivity (Wildman–Crippen MR) is 107 cm³/mol. The smallest absolute Gasteiger partial charge is 0.190 e. The van der Waals surface area contributed by atoms with Crippen LogP contribution in [0.15, 0.2) is 46.3 Å². The Morgan fingerprint density at radius 2 is 1.84 bits per heavy atom. The Hall–Kier alpha value is -1.95. The van der Waals surface area contributed by atoms with Gasteiger partial charge in [0.1, 0.15) is 0 Å². The third-order valence-corrected chi connectivity index (χ3v) is 4.89. The lowest BCUT2D eigenvalue weighted by atomic mass is 10.4. The van der Waals surface area contributed by atoms with Crippen molar-refractivity contribution in [1.82, 2.24) is 20.4 Å². The van der Waals surface area contributed by atoms with E-state index in [2.05, 4.69) is 68.7 Å². The van der Waals surface area contributed by atoms with E-state index in [4.69, 9.17) is 0 Å². The van der Waals surface area contributed by atoms with Crippen molar-refractivity contribution in [2.24, 2.45) is 4.99 Å². The van der Waals surface area contributed by atoms with Crippen LogP contribution >= 0.6 is 11.8 Å². The molecule has 2 aromatic rings. The van der Waals surface area contributed by atoms with Crippen molar-refractivity contribution in [1.29, 1.82) is 0 Å². The third kappa shape index (κ3) is 7.22. The molecule has 0 atom stereocenters. The second kappa shape index (κ2) is 10.8. The quantitative estimate of drug-likeness (QED) is 0.312. The molecule has 0 bridgehead atoms. The van der Waals surface area contributed by atoms with Gasteiger partial charge in [0.25, 0.3) is 0 Å². The van der Waals surface area contributed by atoms with Crippen LogP contribution in [0.25, 0.3) is 0 Å². The molecule has 2 N–H and O–H groups in total. The summed E-state index contributed by atoms with van der Waals surface area (Å²) in [5, 5.41) is 11.2. The summed E-state index contributed by atoms with van der Waals surface area (Å²) in [6.45, 7) is 6.87. The number of hydrogen-bond acceptors (Lipinski definition) is 3. The van der Waals surface area contributed by atoms with E-state index in [0.717, 1.165) is 49.9 Å². The topological polar surface area (TPSA) is 54.2 Å². The van der Waals surface area contributed by atoms with Gasteiger partial charge in [-0.1, -0.05) is 18.2 Å². The average molecular weight is 360 g/mol. The van der Waals surface area contributed by atoms with Crippen LogP contribution in [-0.4, -0.2) is 41.6 Å². The van der Waals surface area contributed by atoms with E-state index in [0.29, 0.717) is 0 Å². The Bertz CT molecular complexity index is 651. The number of rotatable bonds is 9. The molecule has 0 unspecified atom stereocenters. The molecule has 0 aliphatic rings. The van der Waals surface area contributed by atoms with Crippen molar-refractivity contribution in [2.45, 2.75) is 38.1 Å². The fourth-order valence-electron chi connectivity index (χ4n) is 2.54. The number of aryl methyl sites for hydroxylation is 3. The van der Waals surface area contributed by atoms with Gasteiger partial charge in [0, 0.05) is 37.3 Å². The van der Waals surface area contributed by atoms with Crippen molar-refractivity contribution in [3.8, 4) is 0 Å². The summed E-state index contributed by atoms with van der Waals surface area (Å²) in [5.74, 6) is 1.98. The molecule has 5 nitrogen and oxygen atoms in total. The normalized spacial score (nSPS) is 11.6. The molecular formula is C19H29N5S. The Balaban J connectivity index is 1.55. The SMILES string of the molecule is CN=C(NCCCSc1ccccc1)NCCCn1nc(C)cc1C. The number of benzene rings is 1. The Kier molecular flexibility index (Phi) is 8.39. The molecule has 136 valence electrons. The van der Waals surface area contributed by atoms with Gasteiger partial charge in [0.15, 0.2) is 5.96 Å². The Labute approximate surface area is 155 Å². The van der Waals surface area contributed by atoms with Crippen molar-refractivity contribution < 1.29 is 0 Å². The molecule has 0 amide bonds. The first kappa shape index (κ1) is 19.4. The van der Waals surface area contributed by atoms with Crippen LogP contribution in [0.5, 0.6) is 0 Å². The number of guanidine groups is 1. The van der Waals surface area contributed by atoms with E-state index in [1.54, 1.807) is 0 Å². The fourth-order valence-corrected chi connectivity index (χ4v) is 3.42. The van der Waals surface area contributed by atoms with Crippen LogP contribution < -0.4 is 10.6 Å². The zero-order chi connectivity index (χ0) is 17.9. The van der Waals surface area contributed by atoms with Crippen LogP contribution in [0.3, 0.4) is 0 Å². The van der Waals surface area contributed by atoms with Gasteiger partial charge in [0.05, 0.1) is 5.69 Å². The molecule has 6 heteroatoms. The molecule has 0 aliphatic heterocycles. The summed E-state index contributed by atoms with van der Waals surface area (Å²) >= 11 is 1.89. The summed E-state index contributed by atoms with van der Waals surface area (Å²) in [5.41, 5.74) is 2.30. The minimum Gasteiger partial charge on any atom is -0.356 e. The lowest BCUT2D eigenvalue weighted by Crippen LogP contribution is -2.38. The van der Waals surface area contributed by atoms with Crippen LogP contribution in [0.4, 0.5) is 0 Å². The van der Waals surface area contributed by atoms with Gasteiger partial charge in [-0.05, 0) is 50.6 Å². The van der Waals surface area contributed by atoms with Crippen molar-refractivity contribution in [3.05, 3.63) is 47.8 Å². The molecule has 1 aromatic heterocycles. The molecule has 0 fully saturated rings. The monoisotopic (exact) mass is 359 g/mol. The summed E-state index contributed by atoms with van der Waals surface area (Å²) in [7, 11) is 1.81. The number of thioether (sulfide) groups is 1. The van der Waals surface area contributed by atoms with Crippen LogP contribution in [0, 0.1) is 13.8 Å². The molecular weight excluding hydrogens is 330 g/mol. The van der Waals surface area contributed by atoms with Crippen molar-refractivity contribution in [3.63, 3.8) is 0 Å². The van der Waals surface area contributed by atoms with Gasteiger partial charge < -0.3 is 10.6 Å². The molecule has 1 aromatic carbocycles. The maximum atomic E-state index is 4.48. The molecule has 0 saturated heterocycles. The molecule has 2 rings (SSSR count). The average Bonchev–Trinajstić information content (AvgIpc) is 2.94. The van der Waals surface area contributed by atoms with E-state index >= 15 is 0 Å². The van der Waals surface area contributed by atoms with Crippen molar-refractivity contribution in [2.75, 3.05) is 25.9 Å². The standard InChI is InChI=1S/C19H29N5S/c1-16-15-17(2)24(23-16)13-7-11-21-19(20-3)22-12-8-14-25-18-9-5-4-6-10-18/h4-6,9-10,15H,7-8,11-14H2,1-3H3,(H2,20,21,22). The zero-order valence-corrected chi connectivity index (χ0v) is 16.3. The van der Waals surface area contributed by atoms with Crippen molar-refractivity contribution >= 4 is 17.7 Å². The van der Waals surface area contributed by atoms with Crippen LogP contribution in [0.2, 0.25) is 0 Å². The molecule has 0 saturated carbocycles. The lowest BCUT2D eigenvalue weighted by molar-refractivity contribution is 0.555. The van der Waals surface area contributed by atoms with Gasteiger partial charge in [-0.25, -0.2) is 0 Å². The highest BCUT2D eigenvalue weighted by molar-refractivity contribution is 7.99. The van der Waals surface area contributed by atoms with E-state index in [-0.39, 0.29) is 0 Å². The van der Waals surface area contributed by atoms with Crippen LogP contribution in [-0.2, 0) is 6.54 Å². The first-order valence-electron chi connectivity index (χ1n) is 8.82. The van der Waals surface area contributed by atoms with Gasteiger partial charge in [-0.2, -0.15) is 5.10 Å². The molecule has 0 radical (unpaired) electrons. The summed E-state index contributed by atoms with van der Waals surface area (Å²) in [6, 6.07) is 12.6. The first-order chi connectivity index (χ1) is 12.2. The van der Waals surface area contributed by atoms with Gasteiger partial charge >= 0.3 is 0 Å². The Morgan fingerprint density at radius 3 is 2.48 bits per heavy atom. The van der Waals surface area contributed by atoms with E-state index < -0.39 is 0 Å². The summed E-state index contributed by atoms with van der Waals surface area (Å²) in [4.78, 5) is 5.60. The number of aromatic nitrogens is 2. The number of nitrogens with zero attached hydrogens (tertiary/aromatic N) is 3. The summed E-state index contributed by atoms with van der Waals surface area (Å²) in [6.07, 6.45) is 2.12. The van der Waals surface area contributed by atoms with E-state index in [1.807, 2.05) is 25.7 Å². The predicted octanol–water partition coefficient (Wildman–Crippen LogP) is 3.24. The maximum absolute atomic E-state index is 4.48. The molecule has 0 spiro atoms.